The van der Waals surface area contributed by atoms with Crippen LogP contribution in [0.15, 0.2) is 64.4 Å². The number of nitrogens with zero attached hydrogens (tertiary/aromatic N) is 3. The van der Waals surface area contributed by atoms with Gasteiger partial charge in [0, 0.05) is 62.6 Å². The Labute approximate surface area is 269 Å². The molecule has 3 aromatic carbocycles. The van der Waals surface area contributed by atoms with Gasteiger partial charge in [0.05, 0.1) is 23.7 Å². The summed E-state index contributed by atoms with van der Waals surface area (Å²) in [6.45, 7) is 6.80. The SMILES string of the molecule is COc1cccc(-c2c(C)c(Cc3c(F)cccc3F)c3n(c2=O)C(CN2CCN(Cc4ccc5c(c4)OCO5)CC2)CS3)c1F. The minimum atomic E-state index is -0.656. The fraction of sp³-hybridized carbons (Fsp3) is 0.343. The van der Waals surface area contributed by atoms with Crippen LogP contribution in [0.5, 0.6) is 17.2 Å². The molecule has 0 saturated carbocycles. The van der Waals surface area contributed by atoms with Gasteiger partial charge >= 0.3 is 0 Å². The fourth-order valence-corrected chi connectivity index (χ4v) is 8.07. The number of rotatable bonds is 8. The second-order valence-corrected chi connectivity index (χ2v) is 12.9. The van der Waals surface area contributed by atoms with Crippen molar-refractivity contribution in [1.82, 2.24) is 14.4 Å². The maximum atomic E-state index is 15.7. The lowest BCUT2D eigenvalue weighted by Crippen LogP contribution is -2.48. The van der Waals surface area contributed by atoms with Crippen molar-refractivity contribution in [2.75, 3.05) is 52.4 Å². The molecule has 0 N–H and O–H groups in total. The maximum absolute atomic E-state index is 15.7. The molecule has 0 spiro atoms. The lowest BCUT2D eigenvalue weighted by molar-refractivity contribution is 0.116. The van der Waals surface area contributed by atoms with Crippen LogP contribution in [0.2, 0.25) is 0 Å². The Balaban J connectivity index is 1.18. The zero-order chi connectivity index (χ0) is 31.9. The number of hydrogen-bond acceptors (Lipinski definition) is 7. The van der Waals surface area contributed by atoms with Crippen LogP contribution in [-0.2, 0) is 13.0 Å². The molecule has 0 aliphatic carbocycles. The highest BCUT2D eigenvalue weighted by Gasteiger charge is 2.33. The van der Waals surface area contributed by atoms with Gasteiger partial charge in [-0.3, -0.25) is 19.2 Å². The van der Waals surface area contributed by atoms with Crippen LogP contribution in [0.1, 0.15) is 28.3 Å². The second kappa shape index (κ2) is 12.7. The van der Waals surface area contributed by atoms with Gasteiger partial charge in [0.2, 0.25) is 6.79 Å². The summed E-state index contributed by atoms with van der Waals surface area (Å²) in [5.74, 6) is 0.242. The van der Waals surface area contributed by atoms with Crippen LogP contribution in [0.4, 0.5) is 13.2 Å². The normalized spacial score (nSPS) is 17.8. The Morgan fingerprint density at radius 1 is 0.913 bits per heavy atom. The van der Waals surface area contributed by atoms with Gasteiger partial charge in [-0.15, -0.1) is 11.8 Å². The van der Waals surface area contributed by atoms with E-state index >= 15 is 4.39 Å². The first-order valence-corrected chi connectivity index (χ1v) is 16.3. The average molecular weight is 650 g/mol. The molecule has 1 atom stereocenters. The maximum Gasteiger partial charge on any atom is 0.260 e. The molecule has 1 fully saturated rings. The lowest BCUT2D eigenvalue weighted by atomic mass is 9.94. The Kier molecular flexibility index (Phi) is 8.48. The summed E-state index contributed by atoms with van der Waals surface area (Å²) >= 11 is 1.52. The number of thioether (sulfide) groups is 1. The van der Waals surface area contributed by atoms with Gasteiger partial charge in [-0.2, -0.15) is 0 Å². The van der Waals surface area contributed by atoms with E-state index < -0.39 is 17.5 Å². The standard InChI is InChI=1S/C35H34F3N3O4S/c1-21-25(16-26-27(36)6-4-7-28(26)37)35-41(34(42)32(21)24-5-3-8-30(43-2)33(24)38)23(19-46-35)18-40-13-11-39(12-14-40)17-22-9-10-29-31(15-22)45-20-44-29/h3-10,15,23H,11-14,16-20H2,1-2H3. The number of halogens is 3. The van der Waals surface area contributed by atoms with Crippen molar-refractivity contribution in [2.24, 2.45) is 0 Å². The van der Waals surface area contributed by atoms with Gasteiger partial charge in [0.1, 0.15) is 11.6 Å². The molecule has 3 aliphatic heterocycles. The molecule has 4 heterocycles. The summed E-state index contributed by atoms with van der Waals surface area (Å²) in [6, 6.07) is 14.3. The molecular formula is C35H34F3N3O4S. The molecule has 46 heavy (non-hydrogen) atoms. The van der Waals surface area contributed by atoms with Crippen molar-refractivity contribution in [1.29, 1.82) is 0 Å². The summed E-state index contributed by atoms with van der Waals surface area (Å²) in [4.78, 5) is 19.1. The van der Waals surface area contributed by atoms with Crippen molar-refractivity contribution in [3.05, 3.63) is 105 Å². The quantitative estimate of drug-likeness (QED) is 0.231. The molecule has 1 unspecified atom stereocenters. The van der Waals surface area contributed by atoms with Crippen LogP contribution < -0.4 is 19.8 Å². The number of hydrogen-bond donors (Lipinski definition) is 0. The summed E-state index contributed by atoms with van der Waals surface area (Å²) in [6.07, 6.45) is -0.0587. The zero-order valence-corrected chi connectivity index (χ0v) is 26.5. The van der Waals surface area contributed by atoms with E-state index in [1.807, 2.05) is 12.1 Å². The topological polar surface area (TPSA) is 56.2 Å². The Morgan fingerprint density at radius 3 is 2.39 bits per heavy atom. The lowest BCUT2D eigenvalue weighted by Gasteiger charge is -2.36. The van der Waals surface area contributed by atoms with Crippen LogP contribution in [0.25, 0.3) is 11.1 Å². The molecule has 7 rings (SSSR count). The van der Waals surface area contributed by atoms with Crippen LogP contribution >= 0.6 is 11.8 Å². The number of fused-ring (bicyclic) bond motifs is 2. The number of ether oxygens (including phenoxy) is 3. The predicted molar refractivity (Wildman–Crippen MR) is 171 cm³/mol. The first-order valence-electron chi connectivity index (χ1n) is 15.3. The first kappa shape index (κ1) is 30.7. The molecular weight excluding hydrogens is 615 g/mol. The summed E-state index contributed by atoms with van der Waals surface area (Å²) in [7, 11) is 1.37. The van der Waals surface area contributed by atoms with Gasteiger partial charge in [0.15, 0.2) is 23.1 Å². The monoisotopic (exact) mass is 649 g/mol. The van der Waals surface area contributed by atoms with E-state index in [9.17, 15) is 13.6 Å². The average Bonchev–Trinajstić information content (AvgIpc) is 3.69. The van der Waals surface area contributed by atoms with Crippen molar-refractivity contribution in [3.63, 3.8) is 0 Å². The zero-order valence-electron chi connectivity index (χ0n) is 25.7. The van der Waals surface area contributed by atoms with E-state index in [0.717, 1.165) is 49.8 Å². The van der Waals surface area contributed by atoms with Gasteiger partial charge in [-0.25, -0.2) is 13.2 Å². The van der Waals surface area contributed by atoms with Gasteiger partial charge < -0.3 is 14.2 Å². The smallest absolute Gasteiger partial charge is 0.260 e. The van der Waals surface area contributed by atoms with Crippen LogP contribution in [0.3, 0.4) is 0 Å². The van der Waals surface area contributed by atoms with Crippen molar-refractivity contribution < 1.29 is 27.4 Å². The Morgan fingerprint density at radius 2 is 1.63 bits per heavy atom. The molecule has 7 nitrogen and oxygen atoms in total. The molecule has 4 aromatic rings. The van der Waals surface area contributed by atoms with E-state index in [2.05, 4.69) is 15.9 Å². The number of aromatic nitrogens is 1. The molecule has 0 bridgehead atoms. The Bertz CT molecular complexity index is 1840. The number of methoxy groups -OCH3 is 1. The van der Waals surface area contributed by atoms with Gasteiger partial charge in [0.25, 0.3) is 5.56 Å². The van der Waals surface area contributed by atoms with Gasteiger partial charge in [-0.1, -0.05) is 24.3 Å². The largest absolute Gasteiger partial charge is 0.494 e. The van der Waals surface area contributed by atoms with Crippen LogP contribution in [0, 0.1) is 24.4 Å². The highest BCUT2D eigenvalue weighted by atomic mass is 32.2. The summed E-state index contributed by atoms with van der Waals surface area (Å²) < 4.78 is 63.3. The fourth-order valence-electron chi connectivity index (χ4n) is 6.69. The minimum Gasteiger partial charge on any atom is -0.494 e. The number of benzene rings is 3. The van der Waals surface area contributed by atoms with Crippen molar-refractivity contribution >= 4 is 11.8 Å². The molecule has 1 saturated heterocycles. The Hall–Kier alpha value is -3.93. The van der Waals surface area contributed by atoms with E-state index in [4.69, 9.17) is 14.2 Å². The minimum absolute atomic E-state index is 0.0213. The molecule has 3 aliphatic rings. The predicted octanol–water partition coefficient (Wildman–Crippen LogP) is 6.03. The number of piperazine rings is 1. The molecule has 240 valence electrons. The third kappa shape index (κ3) is 5.65. The van der Waals surface area contributed by atoms with Gasteiger partial charge in [-0.05, 0) is 53.9 Å². The summed E-state index contributed by atoms with van der Waals surface area (Å²) in [5.41, 5.74) is 2.21. The molecule has 0 radical (unpaired) electrons. The number of pyridine rings is 1. The second-order valence-electron chi connectivity index (χ2n) is 11.9. The third-order valence-corrected chi connectivity index (χ3v) is 10.4. The van der Waals surface area contributed by atoms with E-state index in [1.165, 1.54) is 43.1 Å². The first-order chi connectivity index (χ1) is 22.3. The van der Waals surface area contributed by atoms with E-state index in [0.29, 0.717) is 28.5 Å². The third-order valence-electron chi connectivity index (χ3n) is 9.16. The molecule has 1 aromatic heterocycles. The highest BCUT2D eigenvalue weighted by molar-refractivity contribution is 7.99. The van der Waals surface area contributed by atoms with Crippen molar-refractivity contribution in [2.45, 2.75) is 31.0 Å². The van der Waals surface area contributed by atoms with Crippen molar-refractivity contribution in [3.8, 4) is 28.4 Å². The molecule has 0 amide bonds. The van der Waals surface area contributed by atoms with E-state index in [-0.39, 0.29) is 47.3 Å². The summed E-state index contributed by atoms with van der Waals surface area (Å²) in [5, 5.41) is 0.684. The molecule has 11 heteroatoms. The highest BCUT2D eigenvalue weighted by Crippen LogP contribution is 2.41. The van der Waals surface area contributed by atoms with Crippen LogP contribution in [-0.4, -0.2) is 66.7 Å². The van der Waals surface area contributed by atoms with E-state index in [1.54, 1.807) is 23.6 Å².